The van der Waals surface area contributed by atoms with Crippen molar-refractivity contribution in [3.05, 3.63) is 0 Å². The van der Waals surface area contributed by atoms with Gasteiger partial charge in [0.2, 0.25) is 0 Å². The minimum absolute atomic E-state index is 0.374. The Hall–Kier alpha value is -0.650. The molecule has 0 radical (unpaired) electrons. The van der Waals surface area contributed by atoms with E-state index in [9.17, 15) is 9.90 Å². The second-order valence-corrected chi connectivity index (χ2v) is 5.48. The highest BCUT2D eigenvalue weighted by Crippen LogP contribution is 2.34. The Balaban J connectivity index is 2.03. The maximum atomic E-state index is 11.5. The summed E-state index contributed by atoms with van der Waals surface area (Å²) in [5, 5.41) is 12.7. The van der Waals surface area contributed by atoms with Crippen molar-refractivity contribution in [3.8, 4) is 0 Å². The van der Waals surface area contributed by atoms with Gasteiger partial charge in [-0.2, -0.15) is 0 Å². The molecule has 3 atom stereocenters. The number of hydrogen-bond acceptors (Lipinski definition) is 4. The molecule has 0 aromatic heterocycles. The number of carboxylic acid groups (broad SMARTS) is 1. The highest BCUT2D eigenvalue weighted by molar-refractivity contribution is 5.79. The quantitative estimate of drug-likeness (QED) is 0.775. The summed E-state index contributed by atoms with van der Waals surface area (Å²) in [4.78, 5) is 13.9. The second-order valence-electron chi connectivity index (χ2n) is 5.48. The Morgan fingerprint density at radius 1 is 1.61 bits per heavy atom. The van der Waals surface area contributed by atoms with Gasteiger partial charge in [-0.1, -0.05) is 6.92 Å². The standard InChI is InChI=1S/C13H24N2O3/c1-3-14-13(12(16)17)5-4-11(8-13)15-6-7-18-9-10(15)2/h10-11,14H,3-9H2,1-2H3,(H,16,17). The molecule has 1 aliphatic carbocycles. The zero-order chi connectivity index (χ0) is 13.2. The van der Waals surface area contributed by atoms with Gasteiger partial charge in [0.15, 0.2) is 0 Å². The highest BCUT2D eigenvalue weighted by atomic mass is 16.5. The summed E-state index contributed by atoms with van der Waals surface area (Å²) in [7, 11) is 0. The number of carbonyl (C=O) groups is 1. The summed E-state index contributed by atoms with van der Waals surface area (Å²) < 4.78 is 5.44. The van der Waals surface area contributed by atoms with Gasteiger partial charge in [-0.05, 0) is 32.7 Å². The van der Waals surface area contributed by atoms with Crippen LogP contribution >= 0.6 is 0 Å². The van der Waals surface area contributed by atoms with Crippen LogP contribution in [0.3, 0.4) is 0 Å². The molecule has 1 saturated carbocycles. The normalized spacial score (nSPS) is 37.9. The van der Waals surface area contributed by atoms with Gasteiger partial charge in [-0.3, -0.25) is 9.69 Å². The van der Waals surface area contributed by atoms with Crippen molar-refractivity contribution < 1.29 is 14.6 Å². The first-order valence-electron chi connectivity index (χ1n) is 6.91. The maximum Gasteiger partial charge on any atom is 0.323 e. The van der Waals surface area contributed by atoms with Crippen LogP contribution in [0.5, 0.6) is 0 Å². The van der Waals surface area contributed by atoms with Crippen LogP contribution in [0, 0.1) is 0 Å². The van der Waals surface area contributed by atoms with E-state index >= 15 is 0 Å². The Kier molecular flexibility index (Phi) is 4.25. The lowest BCUT2D eigenvalue weighted by atomic mass is 9.97. The molecular weight excluding hydrogens is 232 g/mol. The molecule has 18 heavy (non-hydrogen) atoms. The van der Waals surface area contributed by atoms with Gasteiger partial charge in [0.05, 0.1) is 13.2 Å². The lowest BCUT2D eigenvalue weighted by Gasteiger charge is -2.38. The van der Waals surface area contributed by atoms with E-state index in [2.05, 4.69) is 17.1 Å². The fourth-order valence-electron chi connectivity index (χ4n) is 3.35. The molecule has 0 aromatic carbocycles. The molecule has 2 rings (SSSR count). The second kappa shape index (κ2) is 5.55. The number of morpholine rings is 1. The van der Waals surface area contributed by atoms with Crippen LogP contribution in [-0.2, 0) is 9.53 Å². The zero-order valence-corrected chi connectivity index (χ0v) is 11.3. The highest BCUT2D eigenvalue weighted by Gasteiger charge is 2.47. The van der Waals surface area contributed by atoms with Gasteiger partial charge in [0.25, 0.3) is 0 Å². The van der Waals surface area contributed by atoms with E-state index in [0.717, 1.165) is 32.6 Å². The molecule has 0 spiro atoms. The van der Waals surface area contributed by atoms with E-state index in [1.54, 1.807) is 0 Å². The molecule has 0 bridgehead atoms. The lowest BCUT2D eigenvalue weighted by Crippen LogP contribution is -2.53. The molecule has 2 N–H and O–H groups in total. The van der Waals surface area contributed by atoms with E-state index in [0.29, 0.717) is 25.0 Å². The molecule has 5 nitrogen and oxygen atoms in total. The van der Waals surface area contributed by atoms with Crippen LogP contribution in [0.2, 0.25) is 0 Å². The summed E-state index contributed by atoms with van der Waals surface area (Å²) in [5.74, 6) is -0.701. The first-order valence-corrected chi connectivity index (χ1v) is 6.91. The van der Waals surface area contributed by atoms with Gasteiger partial charge in [-0.25, -0.2) is 0 Å². The topological polar surface area (TPSA) is 61.8 Å². The number of hydrogen-bond donors (Lipinski definition) is 2. The summed E-state index contributed by atoms with van der Waals surface area (Å²) in [6.07, 6.45) is 2.40. The molecule has 0 amide bonds. The monoisotopic (exact) mass is 256 g/mol. The van der Waals surface area contributed by atoms with Crippen molar-refractivity contribution in [2.75, 3.05) is 26.3 Å². The number of rotatable bonds is 4. The van der Waals surface area contributed by atoms with Crippen molar-refractivity contribution in [2.24, 2.45) is 0 Å². The third-order valence-corrected chi connectivity index (χ3v) is 4.30. The molecule has 2 aliphatic rings. The van der Waals surface area contributed by atoms with Crippen molar-refractivity contribution >= 4 is 5.97 Å². The van der Waals surface area contributed by atoms with Crippen molar-refractivity contribution in [3.63, 3.8) is 0 Å². The average molecular weight is 256 g/mol. The Labute approximate surface area is 108 Å². The fraction of sp³-hybridized carbons (Fsp3) is 0.923. The number of nitrogens with one attached hydrogen (secondary N) is 1. The molecule has 1 saturated heterocycles. The molecule has 0 aromatic rings. The van der Waals surface area contributed by atoms with E-state index in [4.69, 9.17) is 4.74 Å². The minimum Gasteiger partial charge on any atom is -0.480 e. The summed E-state index contributed by atoms with van der Waals surface area (Å²) in [6.45, 7) is 7.29. The van der Waals surface area contributed by atoms with E-state index in [1.165, 1.54) is 0 Å². The van der Waals surface area contributed by atoms with Crippen LogP contribution in [0.1, 0.15) is 33.1 Å². The lowest BCUT2D eigenvalue weighted by molar-refractivity contribution is -0.145. The summed E-state index contributed by atoms with van der Waals surface area (Å²) in [5.41, 5.74) is -0.711. The molecule has 1 heterocycles. The molecule has 1 aliphatic heterocycles. The minimum atomic E-state index is -0.711. The number of nitrogens with zero attached hydrogens (tertiary/aromatic N) is 1. The molecule has 2 fully saturated rings. The first-order chi connectivity index (χ1) is 8.59. The SMILES string of the molecule is CCNC1(C(=O)O)CCC(N2CCOCC2C)C1. The van der Waals surface area contributed by atoms with Crippen LogP contribution in [-0.4, -0.2) is 59.9 Å². The molecular formula is C13H24N2O3. The van der Waals surface area contributed by atoms with Crippen molar-refractivity contribution in [2.45, 2.75) is 50.7 Å². The largest absolute Gasteiger partial charge is 0.480 e. The third-order valence-electron chi connectivity index (χ3n) is 4.30. The van der Waals surface area contributed by atoms with Gasteiger partial charge in [-0.15, -0.1) is 0 Å². The first kappa shape index (κ1) is 13.8. The zero-order valence-electron chi connectivity index (χ0n) is 11.3. The van der Waals surface area contributed by atoms with Crippen LogP contribution in [0.4, 0.5) is 0 Å². The number of aliphatic carboxylic acids is 1. The van der Waals surface area contributed by atoms with Gasteiger partial charge >= 0.3 is 5.97 Å². The Morgan fingerprint density at radius 2 is 2.39 bits per heavy atom. The number of ether oxygens (including phenoxy) is 1. The molecule has 3 unspecified atom stereocenters. The average Bonchev–Trinajstić information content (AvgIpc) is 2.76. The molecule has 5 heteroatoms. The summed E-state index contributed by atoms with van der Waals surface area (Å²) >= 11 is 0. The fourth-order valence-corrected chi connectivity index (χ4v) is 3.35. The Morgan fingerprint density at radius 3 is 3.00 bits per heavy atom. The van der Waals surface area contributed by atoms with Crippen LogP contribution < -0.4 is 5.32 Å². The van der Waals surface area contributed by atoms with Gasteiger partial charge in [0.1, 0.15) is 5.54 Å². The predicted octanol–water partition coefficient (Wildman–Crippen LogP) is 0.693. The van der Waals surface area contributed by atoms with Crippen LogP contribution in [0.15, 0.2) is 0 Å². The Bertz CT molecular complexity index is 311. The van der Waals surface area contributed by atoms with E-state index < -0.39 is 11.5 Å². The van der Waals surface area contributed by atoms with E-state index in [1.807, 2.05) is 6.92 Å². The van der Waals surface area contributed by atoms with Crippen LogP contribution in [0.25, 0.3) is 0 Å². The van der Waals surface area contributed by atoms with E-state index in [-0.39, 0.29) is 0 Å². The number of likely N-dealkylation sites (N-methyl/N-ethyl adjacent to an activating group) is 1. The third kappa shape index (κ3) is 2.53. The van der Waals surface area contributed by atoms with Crippen molar-refractivity contribution in [1.82, 2.24) is 10.2 Å². The van der Waals surface area contributed by atoms with Crippen molar-refractivity contribution in [1.29, 1.82) is 0 Å². The van der Waals surface area contributed by atoms with Gasteiger partial charge in [0, 0.05) is 18.6 Å². The van der Waals surface area contributed by atoms with Gasteiger partial charge < -0.3 is 15.2 Å². The maximum absolute atomic E-state index is 11.5. The number of carboxylic acids is 1. The smallest absolute Gasteiger partial charge is 0.323 e. The molecule has 104 valence electrons. The predicted molar refractivity (Wildman–Crippen MR) is 68.7 cm³/mol. The summed E-state index contributed by atoms with van der Waals surface area (Å²) in [6, 6.07) is 0.772.